The smallest absolute Gasteiger partial charge is 0.0291 e. The fourth-order valence-corrected chi connectivity index (χ4v) is 1.98. The molecule has 1 aromatic carbocycles. The van der Waals surface area contributed by atoms with Crippen LogP contribution in [-0.2, 0) is 5.41 Å². The highest BCUT2D eigenvalue weighted by Gasteiger charge is 2.13. The second kappa shape index (κ2) is 6.38. The van der Waals surface area contributed by atoms with E-state index in [0.29, 0.717) is 6.04 Å². The summed E-state index contributed by atoms with van der Waals surface area (Å²) in [7, 11) is 0. The molecule has 0 saturated carbocycles. The predicted molar refractivity (Wildman–Crippen MR) is 81.0 cm³/mol. The standard InChI is InChI=1S/C17H29N/c1-13(2)11-12-18-14(3)15-7-9-16(10-8-15)17(4,5)6/h7-10,13-14,18H,11-12H2,1-6H3. The SMILES string of the molecule is CC(C)CCNC(C)c1ccc(C(C)(C)C)cc1. The molecule has 0 fully saturated rings. The molecule has 0 bridgehead atoms. The van der Waals surface area contributed by atoms with Gasteiger partial charge in [-0.05, 0) is 42.3 Å². The minimum absolute atomic E-state index is 0.243. The molecule has 18 heavy (non-hydrogen) atoms. The fourth-order valence-electron chi connectivity index (χ4n) is 1.98. The third kappa shape index (κ3) is 4.81. The van der Waals surface area contributed by atoms with E-state index in [9.17, 15) is 0 Å². The Morgan fingerprint density at radius 1 is 1.00 bits per heavy atom. The van der Waals surface area contributed by atoms with E-state index < -0.39 is 0 Å². The molecular weight excluding hydrogens is 218 g/mol. The number of hydrogen-bond acceptors (Lipinski definition) is 1. The van der Waals surface area contributed by atoms with Gasteiger partial charge in [0, 0.05) is 6.04 Å². The van der Waals surface area contributed by atoms with E-state index in [4.69, 9.17) is 0 Å². The van der Waals surface area contributed by atoms with Crippen molar-refractivity contribution in [3.8, 4) is 0 Å². The Balaban J connectivity index is 2.56. The van der Waals surface area contributed by atoms with Gasteiger partial charge in [-0.2, -0.15) is 0 Å². The van der Waals surface area contributed by atoms with Crippen LogP contribution in [0.1, 0.15) is 65.1 Å². The van der Waals surface area contributed by atoms with Crippen molar-refractivity contribution in [1.29, 1.82) is 0 Å². The van der Waals surface area contributed by atoms with E-state index in [1.807, 2.05) is 0 Å². The molecule has 0 aliphatic carbocycles. The molecule has 0 aliphatic rings. The molecule has 1 aromatic rings. The van der Waals surface area contributed by atoms with Crippen LogP contribution in [0.3, 0.4) is 0 Å². The van der Waals surface area contributed by atoms with E-state index >= 15 is 0 Å². The molecule has 102 valence electrons. The van der Waals surface area contributed by atoms with Crippen LogP contribution in [0.4, 0.5) is 0 Å². The molecule has 1 nitrogen and oxygen atoms in total. The second-order valence-corrected chi connectivity index (χ2v) is 6.73. The Hall–Kier alpha value is -0.820. The van der Waals surface area contributed by atoms with Crippen LogP contribution in [0.15, 0.2) is 24.3 Å². The number of hydrogen-bond donors (Lipinski definition) is 1. The number of nitrogens with one attached hydrogen (secondary N) is 1. The van der Waals surface area contributed by atoms with Gasteiger partial charge in [0.15, 0.2) is 0 Å². The molecule has 1 unspecified atom stereocenters. The van der Waals surface area contributed by atoms with Gasteiger partial charge in [0.25, 0.3) is 0 Å². The highest BCUT2D eigenvalue weighted by Crippen LogP contribution is 2.23. The summed E-state index contributed by atoms with van der Waals surface area (Å²) in [6.45, 7) is 14.6. The van der Waals surface area contributed by atoms with Gasteiger partial charge in [-0.25, -0.2) is 0 Å². The van der Waals surface area contributed by atoms with Crippen molar-refractivity contribution < 1.29 is 0 Å². The molecular formula is C17H29N. The van der Waals surface area contributed by atoms with Gasteiger partial charge in [-0.1, -0.05) is 58.9 Å². The summed E-state index contributed by atoms with van der Waals surface area (Å²) in [5.41, 5.74) is 3.03. The molecule has 0 spiro atoms. The largest absolute Gasteiger partial charge is 0.310 e. The van der Waals surface area contributed by atoms with Crippen molar-refractivity contribution in [2.45, 2.75) is 59.4 Å². The summed E-state index contributed by atoms with van der Waals surface area (Å²) in [5.74, 6) is 0.771. The molecule has 0 heterocycles. The maximum Gasteiger partial charge on any atom is 0.0291 e. The van der Waals surface area contributed by atoms with Crippen molar-refractivity contribution in [1.82, 2.24) is 5.32 Å². The van der Waals surface area contributed by atoms with Crippen LogP contribution < -0.4 is 5.32 Å². The lowest BCUT2D eigenvalue weighted by molar-refractivity contribution is 0.497. The summed E-state index contributed by atoms with van der Waals surface area (Å²) in [4.78, 5) is 0. The minimum atomic E-state index is 0.243. The first-order chi connectivity index (χ1) is 8.30. The van der Waals surface area contributed by atoms with Crippen LogP contribution in [0, 0.1) is 5.92 Å². The van der Waals surface area contributed by atoms with E-state index in [1.54, 1.807) is 0 Å². The Morgan fingerprint density at radius 2 is 1.56 bits per heavy atom. The van der Waals surface area contributed by atoms with Gasteiger partial charge in [-0.3, -0.25) is 0 Å². The molecule has 0 radical (unpaired) electrons. The van der Waals surface area contributed by atoms with Crippen molar-refractivity contribution in [2.24, 2.45) is 5.92 Å². The van der Waals surface area contributed by atoms with Gasteiger partial charge < -0.3 is 5.32 Å². The molecule has 0 amide bonds. The van der Waals surface area contributed by atoms with Crippen LogP contribution >= 0.6 is 0 Å². The number of rotatable bonds is 5. The fraction of sp³-hybridized carbons (Fsp3) is 0.647. The maximum atomic E-state index is 3.59. The van der Waals surface area contributed by atoms with Crippen molar-refractivity contribution in [3.05, 3.63) is 35.4 Å². The topological polar surface area (TPSA) is 12.0 Å². The quantitative estimate of drug-likeness (QED) is 0.796. The van der Waals surface area contributed by atoms with Gasteiger partial charge in [0.1, 0.15) is 0 Å². The summed E-state index contributed by atoms with van der Waals surface area (Å²) < 4.78 is 0. The zero-order chi connectivity index (χ0) is 13.8. The van der Waals surface area contributed by atoms with E-state index in [1.165, 1.54) is 17.5 Å². The summed E-state index contributed by atoms with van der Waals surface area (Å²) in [6, 6.07) is 9.48. The molecule has 1 rings (SSSR count). The summed E-state index contributed by atoms with van der Waals surface area (Å²) in [6.07, 6.45) is 1.24. The zero-order valence-electron chi connectivity index (χ0n) is 12.9. The molecule has 1 N–H and O–H groups in total. The normalized spacial score (nSPS) is 13.9. The first-order valence-corrected chi connectivity index (χ1v) is 7.14. The first-order valence-electron chi connectivity index (χ1n) is 7.14. The van der Waals surface area contributed by atoms with E-state index in [0.717, 1.165) is 12.5 Å². The average Bonchev–Trinajstić information content (AvgIpc) is 2.27. The van der Waals surface area contributed by atoms with Crippen molar-refractivity contribution >= 4 is 0 Å². The lowest BCUT2D eigenvalue weighted by Crippen LogP contribution is -2.21. The Kier molecular flexibility index (Phi) is 5.40. The third-order valence-corrected chi connectivity index (χ3v) is 3.45. The lowest BCUT2D eigenvalue weighted by Gasteiger charge is -2.21. The summed E-state index contributed by atoms with van der Waals surface area (Å²) >= 11 is 0. The molecule has 1 atom stereocenters. The van der Waals surface area contributed by atoms with E-state index in [-0.39, 0.29) is 5.41 Å². The van der Waals surface area contributed by atoms with Crippen LogP contribution in [-0.4, -0.2) is 6.54 Å². The average molecular weight is 247 g/mol. The Morgan fingerprint density at radius 3 is 2.00 bits per heavy atom. The van der Waals surface area contributed by atoms with Gasteiger partial charge >= 0.3 is 0 Å². The minimum Gasteiger partial charge on any atom is -0.310 e. The van der Waals surface area contributed by atoms with Crippen LogP contribution in [0.5, 0.6) is 0 Å². The molecule has 0 aromatic heterocycles. The van der Waals surface area contributed by atoms with Crippen LogP contribution in [0.25, 0.3) is 0 Å². The molecule has 1 heteroatoms. The Bertz CT molecular complexity index is 343. The molecule has 0 aliphatic heterocycles. The third-order valence-electron chi connectivity index (χ3n) is 3.45. The Labute approximate surface area is 113 Å². The highest BCUT2D eigenvalue weighted by atomic mass is 14.9. The predicted octanol–water partition coefficient (Wildman–Crippen LogP) is 4.68. The summed E-state index contributed by atoms with van der Waals surface area (Å²) in [5, 5.41) is 3.59. The zero-order valence-corrected chi connectivity index (χ0v) is 12.9. The number of benzene rings is 1. The van der Waals surface area contributed by atoms with Gasteiger partial charge in [0.2, 0.25) is 0 Å². The molecule has 0 saturated heterocycles. The second-order valence-electron chi connectivity index (χ2n) is 6.73. The van der Waals surface area contributed by atoms with Crippen molar-refractivity contribution in [3.63, 3.8) is 0 Å². The maximum absolute atomic E-state index is 3.59. The van der Waals surface area contributed by atoms with Gasteiger partial charge in [0.05, 0.1) is 0 Å². The first kappa shape index (κ1) is 15.2. The lowest BCUT2D eigenvalue weighted by atomic mass is 9.86. The van der Waals surface area contributed by atoms with E-state index in [2.05, 4.69) is 71.1 Å². The van der Waals surface area contributed by atoms with Gasteiger partial charge in [-0.15, -0.1) is 0 Å². The monoisotopic (exact) mass is 247 g/mol. The van der Waals surface area contributed by atoms with Crippen LogP contribution in [0.2, 0.25) is 0 Å². The highest BCUT2D eigenvalue weighted by molar-refractivity contribution is 5.28. The van der Waals surface area contributed by atoms with Crippen molar-refractivity contribution in [2.75, 3.05) is 6.54 Å².